The lowest BCUT2D eigenvalue weighted by Gasteiger charge is -2.47. The molecular weight excluding hydrogens is 322 g/mol. The first-order chi connectivity index (χ1) is 11.6. The van der Waals surface area contributed by atoms with Crippen molar-refractivity contribution >= 4 is 10.0 Å². The molecule has 0 aromatic carbocycles. The van der Waals surface area contributed by atoms with Crippen molar-refractivity contribution in [1.82, 2.24) is 14.2 Å². The molecule has 1 aliphatic carbocycles. The van der Waals surface area contributed by atoms with Gasteiger partial charge in [0.1, 0.15) is 0 Å². The summed E-state index contributed by atoms with van der Waals surface area (Å²) < 4.78 is 26.6. The molecule has 4 rings (SSSR count). The molecular formula is C18H27N3O2S. The summed E-state index contributed by atoms with van der Waals surface area (Å²) in [7, 11) is -3.00. The van der Waals surface area contributed by atoms with Gasteiger partial charge in [0.15, 0.2) is 0 Å². The zero-order chi connectivity index (χ0) is 16.6. The van der Waals surface area contributed by atoms with Crippen LogP contribution < -0.4 is 0 Å². The normalized spacial score (nSPS) is 25.8. The average Bonchev–Trinajstić information content (AvgIpc) is 3.42. The maximum Gasteiger partial charge on any atom is 0.216 e. The van der Waals surface area contributed by atoms with Gasteiger partial charge in [0.05, 0.1) is 10.9 Å². The van der Waals surface area contributed by atoms with Crippen molar-refractivity contribution in [2.45, 2.75) is 50.3 Å². The lowest BCUT2D eigenvalue weighted by molar-refractivity contribution is 0.0387. The maximum atomic E-state index is 12.4. The molecule has 0 atom stereocenters. The molecule has 3 heterocycles. The number of nitrogens with zero attached hydrogens (tertiary/aromatic N) is 3. The van der Waals surface area contributed by atoms with Crippen molar-refractivity contribution in [2.75, 3.05) is 26.2 Å². The minimum Gasteiger partial charge on any atom is -0.297 e. The van der Waals surface area contributed by atoms with E-state index >= 15 is 0 Å². The lowest BCUT2D eigenvalue weighted by atomic mass is 9.73. The van der Waals surface area contributed by atoms with Gasteiger partial charge in [0, 0.05) is 32.4 Å². The van der Waals surface area contributed by atoms with Gasteiger partial charge in [-0.15, -0.1) is 0 Å². The second-order valence-electron chi connectivity index (χ2n) is 7.78. The Balaban J connectivity index is 1.37. The Kier molecular flexibility index (Phi) is 4.39. The first-order valence-corrected chi connectivity index (χ1v) is 10.7. The molecule has 2 aliphatic heterocycles. The fraction of sp³-hybridized carbons (Fsp3) is 0.722. The van der Waals surface area contributed by atoms with Crippen LogP contribution in [0.5, 0.6) is 0 Å². The standard InChI is InChI=1S/C18H27N3O2S/c22-24(23,17-5-6-17)21-12-8-18(9-13-21)7-3-11-20(15-18)14-16-4-1-2-10-19-16/h1-2,4,10,17H,3,5-9,11-15H2. The van der Waals surface area contributed by atoms with Gasteiger partial charge >= 0.3 is 0 Å². The first-order valence-electron chi connectivity index (χ1n) is 9.19. The molecule has 0 N–H and O–H groups in total. The van der Waals surface area contributed by atoms with Crippen LogP contribution >= 0.6 is 0 Å². The summed E-state index contributed by atoms with van der Waals surface area (Å²) >= 11 is 0. The Bertz CT molecular complexity index is 665. The smallest absolute Gasteiger partial charge is 0.216 e. The predicted octanol–water partition coefficient (Wildman–Crippen LogP) is 2.25. The van der Waals surface area contributed by atoms with Crippen molar-refractivity contribution in [3.63, 3.8) is 0 Å². The Morgan fingerprint density at radius 2 is 1.92 bits per heavy atom. The van der Waals surface area contributed by atoms with Gasteiger partial charge in [-0.1, -0.05) is 6.07 Å². The minimum absolute atomic E-state index is 0.0708. The highest BCUT2D eigenvalue weighted by molar-refractivity contribution is 7.90. The lowest BCUT2D eigenvalue weighted by Crippen LogP contribution is -2.50. The Morgan fingerprint density at radius 1 is 1.12 bits per heavy atom. The van der Waals surface area contributed by atoms with E-state index in [2.05, 4.69) is 16.0 Å². The van der Waals surface area contributed by atoms with E-state index in [-0.39, 0.29) is 5.25 Å². The highest BCUT2D eigenvalue weighted by Gasteiger charge is 2.45. The van der Waals surface area contributed by atoms with E-state index in [4.69, 9.17) is 0 Å². The molecule has 0 amide bonds. The average molecular weight is 350 g/mol. The molecule has 0 bridgehead atoms. The largest absolute Gasteiger partial charge is 0.297 e. The van der Waals surface area contributed by atoms with Crippen molar-refractivity contribution in [2.24, 2.45) is 5.41 Å². The van der Waals surface area contributed by atoms with E-state index in [1.165, 1.54) is 12.8 Å². The van der Waals surface area contributed by atoms with E-state index in [9.17, 15) is 8.42 Å². The number of aromatic nitrogens is 1. The molecule has 1 aromatic heterocycles. The van der Waals surface area contributed by atoms with Crippen molar-refractivity contribution < 1.29 is 8.42 Å². The molecule has 24 heavy (non-hydrogen) atoms. The summed E-state index contributed by atoms with van der Waals surface area (Å²) in [4.78, 5) is 6.96. The highest BCUT2D eigenvalue weighted by atomic mass is 32.2. The van der Waals surface area contributed by atoms with E-state index in [1.807, 2.05) is 18.3 Å². The van der Waals surface area contributed by atoms with E-state index < -0.39 is 10.0 Å². The second-order valence-corrected chi connectivity index (χ2v) is 9.99. The molecule has 5 nitrogen and oxygen atoms in total. The van der Waals surface area contributed by atoms with Crippen LogP contribution in [0, 0.1) is 5.41 Å². The number of piperidine rings is 2. The summed E-state index contributed by atoms with van der Waals surface area (Å²) in [5.41, 5.74) is 1.44. The number of sulfonamides is 1. The van der Waals surface area contributed by atoms with E-state index in [0.717, 1.165) is 64.1 Å². The van der Waals surface area contributed by atoms with E-state index in [1.54, 1.807) is 4.31 Å². The number of hydrogen-bond donors (Lipinski definition) is 0. The third-order valence-electron chi connectivity index (χ3n) is 5.94. The molecule has 3 fully saturated rings. The summed E-state index contributed by atoms with van der Waals surface area (Å²) in [5.74, 6) is 0. The number of rotatable bonds is 4. The molecule has 0 unspecified atom stereocenters. The van der Waals surface area contributed by atoms with Crippen LogP contribution in [0.15, 0.2) is 24.4 Å². The van der Waals surface area contributed by atoms with Crippen molar-refractivity contribution in [3.05, 3.63) is 30.1 Å². The van der Waals surface area contributed by atoms with Gasteiger partial charge in [0.2, 0.25) is 10.0 Å². The van der Waals surface area contributed by atoms with Gasteiger partial charge in [-0.05, 0) is 62.6 Å². The minimum atomic E-state index is -3.00. The van der Waals surface area contributed by atoms with Crippen LogP contribution in [0.4, 0.5) is 0 Å². The number of pyridine rings is 1. The van der Waals surface area contributed by atoms with Gasteiger partial charge in [-0.25, -0.2) is 12.7 Å². The van der Waals surface area contributed by atoms with Crippen LogP contribution in [0.2, 0.25) is 0 Å². The van der Waals surface area contributed by atoms with Crippen LogP contribution in [0.1, 0.15) is 44.2 Å². The molecule has 3 aliphatic rings. The molecule has 1 saturated carbocycles. The fourth-order valence-corrected chi connectivity index (χ4v) is 6.21. The van der Waals surface area contributed by atoms with Gasteiger partial charge < -0.3 is 0 Å². The zero-order valence-corrected chi connectivity index (χ0v) is 15.0. The highest BCUT2D eigenvalue weighted by Crippen LogP contribution is 2.42. The molecule has 2 saturated heterocycles. The molecule has 6 heteroatoms. The molecule has 132 valence electrons. The van der Waals surface area contributed by atoms with E-state index in [0.29, 0.717) is 5.41 Å². The summed E-state index contributed by atoms with van der Waals surface area (Å²) in [6.07, 6.45) is 8.06. The Labute approximate surface area is 145 Å². The number of hydrogen-bond acceptors (Lipinski definition) is 4. The number of likely N-dealkylation sites (tertiary alicyclic amines) is 1. The topological polar surface area (TPSA) is 53.5 Å². The molecule has 1 spiro atoms. The van der Waals surface area contributed by atoms with Crippen LogP contribution in [0.25, 0.3) is 0 Å². The van der Waals surface area contributed by atoms with Gasteiger partial charge in [-0.2, -0.15) is 0 Å². The van der Waals surface area contributed by atoms with Crippen LogP contribution in [-0.2, 0) is 16.6 Å². The maximum absolute atomic E-state index is 12.4. The third-order valence-corrected chi connectivity index (χ3v) is 8.34. The first kappa shape index (κ1) is 16.5. The fourth-order valence-electron chi connectivity index (χ4n) is 4.37. The zero-order valence-electron chi connectivity index (χ0n) is 14.2. The Hall–Kier alpha value is -0.980. The Morgan fingerprint density at radius 3 is 2.58 bits per heavy atom. The summed E-state index contributed by atoms with van der Waals surface area (Å²) in [6.45, 7) is 4.56. The van der Waals surface area contributed by atoms with Gasteiger partial charge in [-0.3, -0.25) is 9.88 Å². The third kappa shape index (κ3) is 3.37. The van der Waals surface area contributed by atoms with Crippen molar-refractivity contribution in [3.8, 4) is 0 Å². The summed E-state index contributed by atoms with van der Waals surface area (Å²) in [5, 5.41) is -0.0708. The molecule has 1 aromatic rings. The quantitative estimate of drug-likeness (QED) is 0.837. The van der Waals surface area contributed by atoms with Gasteiger partial charge in [0.25, 0.3) is 0 Å². The molecule has 0 radical (unpaired) electrons. The van der Waals surface area contributed by atoms with Crippen LogP contribution in [0.3, 0.4) is 0 Å². The second kappa shape index (κ2) is 6.39. The van der Waals surface area contributed by atoms with Crippen LogP contribution in [-0.4, -0.2) is 54.0 Å². The summed E-state index contributed by atoms with van der Waals surface area (Å²) in [6, 6.07) is 6.09. The monoisotopic (exact) mass is 349 g/mol. The predicted molar refractivity (Wildman–Crippen MR) is 93.9 cm³/mol. The SMILES string of the molecule is O=S(=O)(C1CC1)N1CCC2(CCCN(Cc3ccccn3)C2)CC1. The van der Waals surface area contributed by atoms with Crippen molar-refractivity contribution in [1.29, 1.82) is 0 Å².